The molecule has 14 heavy (non-hydrogen) atoms. The Bertz CT molecular complexity index is 155. The first-order valence-electron chi connectivity index (χ1n) is 3.73. The van der Waals surface area contributed by atoms with Gasteiger partial charge in [0.25, 0.3) is 0 Å². The number of thiol groups is 2. The van der Waals surface area contributed by atoms with Crippen molar-refractivity contribution in [3.8, 4) is 0 Å². The third-order valence-corrected chi connectivity index (χ3v) is 1.38. The summed E-state index contributed by atoms with van der Waals surface area (Å²) in [4.78, 5) is 20.9. The first-order valence-corrected chi connectivity index (χ1v) is 5.00. The minimum absolute atomic E-state index is 0.0283. The van der Waals surface area contributed by atoms with Gasteiger partial charge < -0.3 is 9.47 Å². The molecule has 0 aromatic heterocycles. The Hall–Kier alpha value is -0.620. The van der Waals surface area contributed by atoms with Crippen molar-refractivity contribution in [3.05, 3.63) is 13.2 Å². The molecule has 4 nitrogen and oxygen atoms in total. The fraction of sp³-hybridized carbons (Fsp3) is 0.500. The highest BCUT2D eigenvalue weighted by atomic mass is 32.1. The Balaban J connectivity index is 0. The number of esters is 2. The molecule has 0 fully saturated rings. The van der Waals surface area contributed by atoms with Gasteiger partial charge in [0.15, 0.2) is 0 Å². The molecular formula is C8H14O4S2. The van der Waals surface area contributed by atoms with Gasteiger partial charge in [-0.05, 0) is 0 Å². The number of ether oxygens (including phenoxy) is 2. The number of hydrogen-bond donors (Lipinski definition) is 2. The van der Waals surface area contributed by atoms with Crippen LogP contribution in [0.25, 0.3) is 0 Å². The fourth-order valence-corrected chi connectivity index (χ4v) is 0.585. The van der Waals surface area contributed by atoms with Crippen LogP contribution < -0.4 is 0 Å². The average molecular weight is 238 g/mol. The minimum atomic E-state index is -0.430. The van der Waals surface area contributed by atoms with Crippen LogP contribution >= 0.6 is 25.3 Å². The van der Waals surface area contributed by atoms with Gasteiger partial charge in [-0.2, -0.15) is 25.3 Å². The molecule has 0 aromatic rings. The molecule has 0 unspecified atom stereocenters. The average Bonchev–Trinajstić information content (AvgIpc) is 2.26. The summed E-state index contributed by atoms with van der Waals surface area (Å²) in [6, 6.07) is 0. The van der Waals surface area contributed by atoms with E-state index in [1.165, 1.54) is 0 Å². The lowest BCUT2D eigenvalue weighted by Gasteiger charge is -2.03. The van der Waals surface area contributed by atoms with Crippen LogP contribution in [0.2, 0.25) is 0 Å². The second-order valence-electron chi connectivity index (χ2n) is 1.76. The molecule has 6 heteroatoms. The molecule has 0 aliphatic carbocycles. The number of carbonyl (C=O) groups is 2. The molecule has 0 saturated carbocycles. The van der Waals surface area contributed by atoms with Gasteiger partial charge in [0.05, 0.1) is 11.5 Å². The molecule has 0 aromatic carbocycles. The van der Waals surface area contributed by atoms with Crippen molar-refractivity contribution in [2.24, 2.45) is 0 Å². The molecule has 0 rings (SSSR count). The highest BCUT2D eigenvalue weighted by Gasteiger charge is 2.00. The van der Waals surface area contributed by atoms with E-state index in [-0.39, 0.29) is 24.7 Å². The smallest absolute Gasteiger partial charge is 0.315 e. The molecule has 0 radical (unpaired) electrons. The van der Waals surface area contributed by atoms with Crippen LogP contribution in [0.4, 0.5) is 0 Å². The third-order valence-electron chi connectivity index (χ3n) is 0.868. The molecule has 0 amide bonds. The summed E-state index contributed by atoms with van der Waals surface area (Å²) in [6.45, 7) is 6.14. The van der Waals surface area contributed by atoms with E-state index in [2.05, 4.69) is 47.9 Å². The zero-order valence-electron chi connectivity index (χ0n) is 7.77. The molecule has 0 aliphatic rings. The lowest BCUT2D eigenvalue weighted by atomic mass is 10.7. The first kappa shape index (κ1) is 15.8. The molecule has 0 aliphatic heterocycles. The van der Waals surface area contributed by atoms with Gasteiger partial charge in [0, 0.05) is 0 Å². The van der Waals surface area contributed by atoms with Crippen molar-refractivity contribution < 1.29 is 19.1 Å². The topological polar surface area (TPSA) is 52.6 Å². The van der Waals surface area contributed by atoms with Gasteiger partial charge in [-0.15, -0.1) is 13.2 Å². The Morgan fingerprint density at radius 3 is 1.43 bits per heavy atom. The maximum Gasteiger partial charge on any atom is 0.315 e. The van der Waals surface area contributed by atoms with Crippen molar-refractivity contribution in [1.82, 2.24) is 0 Å². The Labute approximate surface area is 94.5 Å². The molecule has 82 valence electrons. The summed E-state index contributed by atoms with van der Waals surface area (Å²) in [7, 11) is 0. The second kappa shape index (κ2) is 12.4. The zero-order valence-corrected chi connectivity index (χ0v) is 9.56. The van der Waals surface area contributed by atoms with Crippen LogP contribution in [-0.4, -0.2) is 36.7 Å². The minimum Gasteiger partial charge on any atom is -0.461 e. The number of hydrogen-bond acceptors (Lipinski definition) is 6. The van der Waals surface area contributed by atoms with Gasteiger partial charge >= 0.3 is 11.9 Å². The second-order valence-corrected chi connectivity index (χ2v) is 2.39. The zero-order chi connectivity index (χ0) is 11.4. The van der Waals surface area contributed by atoms with Crippen LogP contribution in [0.5, 0.6) is 0 Å². The van der Waals surface area contributed by atoms with E-state index >= 15 is 0 Å². The SMILES string of the molecule is C=C.O=C(CS)OCCOC(=O)CS. The van der Waals surface area contributed by atoms with Crippen LogP contribution in [-0.2, 0) is 19.1 Å². The molecular weight excluding hydrogens is 224 g/mol. The van der Waals surface area contributed by atoms with E-state index in [1.807, 2.05) is 0 Å². The summed E-state index contributed by atoms with van der Waals surface area (Å²) >= 11 is 7.36. The monoisotopic (exact) mass is 238 g/mol. The summed E-state index contributed by atoms with van der Waals surface area (Å²) in [5.41, 5.74) is 0. The van der Waals surface area contributed by atoms with Crippen molar-refractivity contribution in [1.29, 1.82) is 0 Å². The lowest BCUT2D eigenvalue weighted by molar-refractivity contribution is -0.148. The van der Waals surface area contributed by atoms with Crippen molar-refractivity contribution in [2.75, 3.05) is 24.7 Å². The Kier molecular flexibility index (Phi) is 14.0. The summed E-state index contributed by atoms with van der Waals surface area (Å²) in [5, 5.41) is 0. The highest BCUT2D eigenvalue weighted by Crippen LogP contribution is 1.85. The van der Waals surface area contributed by atoms with Crippen molar-refractivity contribution in [2.45, 2.75) is 0 Å². The van der Waals surface area contributed by atoms with E-state index in [0.717, 1.165) is 0 Å². The van der Waals surface area contributed by atoms with Crippen LogP contribution in [0, 0.1) is 0 Å². The maximum atomic E-state index is 10.5. The normalized spacial score (nSPS) is 8.14. The molecule has 0 spiro atoms. The van der Waals surface area contributed by atoms with E-state index in [4.69, 9.17) is 0 Å². The fourth-order valence-electron chi connectivity index (χ4n) is 0.402. The largest absolute Gasteiger partial charge is 0.461 e. The predicted molar refractivity (Wildman–Crippen MR) is 60.9 cm³/mol. The highest BCUT2D eigenvalue weighted by molar-refractivity contribution is 7.81. The first-order chi connectivity index (χ1) is 6.70. The van der Waals surface area contributed by atoms with E-state index < -0.39 is 11.9 Å². The lowest BCUT2D eigenvalue weighted by Crippen LogP contribution is -2.14. The standard InChI is InChI=1S/C6H10O4S2.C2H4/c7-5(3-11)9-1-2-10-6(8)4-12;1-2/h11-12H,1-4H2;1-2H2. The number of rotatable bonds is 5. The summed E-state index contributed by atoms with van der Waals surface area (Å²) in [5.74, 6) is -0.804. The summed E-state index contributed by atoms with van der Waals surface area (Å²) in [6.07, 6.45) is 0. The van der Waals surface area contributed by atoms with E-state index in [9.17, 15) is 9.59 Å². The van der Waals surface area contributed by atoms with Gasteiger partial charge in [-0.3, -0.25) is 9.59 Å². The van der Waals surface area contributed by atoms with E-state index in [1.54, 1.807) is 0 Å². The van der Waals surface area contributed by atoms with Crippen molar-refractivity contribution >= 4 is 37.2 Å². The Morgan fingerprint density at radius 2 is 1.21 bits per heavy atom. The van der Waals surface area contributed by atoms with Crippen LogP contribution in [0.1, 0.15) is 0 Å². The van der Waals surface area contributed by atoms with Crippen LogP contribution in [0.15, 0.2) is 13.2 Å². The maximum absolute atomic E-state index is 10.5. The predicted octanol–water partition coefficient (Wildman–Crippen LogP) is 0.735. The molecule has 0 heterocycles. The van der Waals surface area contributed by atoms with Crippen molar-refractivity contribution in [3.63, 3.8) is 0 Å². The van der Waals surface area contributed by atoms with Gasteiger partial charge in [0.2, 0.25) is 0 Å². The quantitative estimate of drug-likeness (QED) is 0.321. The Morgan fingerprint density at radius 1 is 0.929 bits per heavy atom. The van der Waals surface area contributed by atoms with Gasteiger partial charge in [-0.1, -0.05) is 0 Å². The summed E-state index contributed by atoms with van der Waals surface area (Å²) < 4.78 is 9.14. The molecule has 0 N–H and O–H groups in total. The third kappa shape index (κ3) is 11.4. The number of carbonyl (C=O) groups excluding carboxylic acids is 2. The van der Waals surface area contributed by atoms with E-state index in [0.29, 0.717) is 0 Å². The molecule has 0 saturated heterocycles. The molecule has 0 bridgehead atoms. The van der Waals surface area contributed by atoms with Gasteiger partial charge in [-0.25, -0.2) is 0 Å². The molecule has 0 atom stereocenters. The van der Waals surface area contributed by atoms with Gasteiger partial charge in [0.1, 0.15) is 13.2 Å². The van der Waals surface area contributed by atoms with Crippen LogP contribution in [0.3, 0.4) is 0 Å².